The van der Waals surface area contributed by atoms with Gasteiger partial charge in [0.15, 0.2) is 0 Å². The molecule has 5 heteroatoms. The third-order valence-corrected chi connectivity index (χ3v) is 3.40. The van der Waals surface area contributed by atoms with E-state index in [-0.39, 0.29) is 5.75 Å². The minimum absolute atomic E-state index is 0.101. The zero-order chi connectivity index (χ0) is 14.5. The summed E-state index contributed by atoms with van der Waals surface area (Å²) < 4.78 is 29.2. The van der Waals surface area contributed by atoms with Crippen LogP contribution >= 0.6 is 23.2 Å². The number of alkyl halides is 3. The van der Waals surface area contributed by atoms with Crippen LogP contribution in [0.4, 0.5) is 8.78 Å². The molecule has 0 saturated carbocycles. The van der Waals surface area contributed by atoms with Crippen molar-refractivity contribution in [2.24, 2.45) is 0 Å². The summed E-state index contributed by atoms with van der Waals surface area (Å²) in [7, 11) is 0. The van der Waals surface area contributed by atoms with Gasteiger partial charge in [-0.3, -0.25) is 0 Å². The lowest BCUT2D eigenvalue weighted by Gasteiger charge is -2.15. The average Bonchev–Trinajstić information content (AvgIpc) is 2.38. The molecule has 2 rings (SSSR count). The lowest BCUT2D eigenvalue weighted by atomic mass is 10.0. The maximum absolute atomic E-state index is 12.4. The van der Waals surface area contributed by atoms with Crippen molar-refractivity contribution in [2.45, 2.75) is 18.4 Å². The van der Waals surface area contributed by atoms with Crippen LogP contribution in [0.25, 0.3) is 0 Å². The number of rotatable bonds is 5. The Morgan fingerprint density at radius 3 is 2.50 bits per heavy atom. The van der Waals surface area contributed by atoms with Gasteiger partial charge in [0.05, 0.1) is 5.38 Å². The number of hydrogen-bond acceptors (Lipinski definition) is 1. The molecule has 20 heavy (non-hydrogen) atoms. The molecule has 0 heterocycles. The molecule has 0 fully saturated rings. The lowest BCUT2D eigenvalue weighted by molar-refractivity contribution is -0.0504. The van der Waals surface area contributed by atoms with Gasteiger partial charge >= 0.3 is 6.61 Å². The number of benzene rings is 2. The van der Waals surface area contributed by atoms with Crippen LogP contribution in [-0.4, -0.2) is 6.61 Å². The Hall–Kier alpha value is -1.32. The van der Waals surface area contributed by atoms with E-state index in [0.29, 0.717) is 17.0 Å². The molecular formula is C15H12Cl2F2O. The minimum Gasteiger partial charge on any atom is -0.434 e. The molecule has 0 aliphatic rings. The quantitative estimate of drug-likeness (QED) is 0.665. The number of para-hydroxylation sites is 1. The van der Waals surface area contributed by atoms with Gasteiger partial charge in [0.1, 0.15) is 5.75 Å². The molecule has 0 bridgehead atoms. The Balaban J connectivity index is 2.18. The lowest BCUT2D eigenvalue weighted by Crippen LogP contribution is -2.06. The van der Waals surface area contributed by atoms with Crippen molar-refractivity contribution < 1.29 is 13.5 Å². The molecule has 1 unspecified atom stereocenters. The fraction of sp³-hybridized carbons (Fsp3) is 0.200. The van der Waals surface area contributed by atoms with Crippen LogP contribution in [0.2, 0.25) is 5.02 Å². The van der Waals surface area contributed by atoms with Gasteiger partial charge in [-0.05, 0) is 30.2 Å². The van der Waals surface area contributed by atoms with E-state index in [9.17, 15) is 8.78 Å². The Morgan fingerprint density at radius 1 is 1.05 bits per heavy atom. The summed E-state index contributed by atoms with van der Waals surface area (Å²) in [5, 5.41) is 0.145. The average molecular weight is 317 g/mol. The van der Waals surface area contributed by atoms with E-state index in [4.69, 9.17) is 23.2 Å². The second-order valence-corrected chi connectivity index (χ2v) is 5.18. The zero-order valence-corrected chi connectivity index (χ0v) is 11.9. The van der Waals surface area contributed by atoms with Gasteiger partial charge in [-0.1, -0.05) is 41.9 Å². The van der Waals surface area contributed by atoms with Crippen LogP contribution in [-0.2, 0) is 6.42 Å². The van der Waals surface area contributed by atoms with Crippen LogP contribution in [0.5, 0.6) is 5.75 Å². The van der Waals surface area contributed by atoms with Gasteiger partial charge < -0.3 is 4.74 Å². The highest BCUT2D eigenvalue weighted by atomic mass is 35.5. The molecule has 2 aromatic rings. The van der Waals surface area contributed by atoms with Crippen molar-refractivity contribution in [1.82, 2.24) is 0 Å². The maximum Gasteiger partial charge on any atom is 0.387 e. The van der Waals surface area contributed by atoms with E-state index < -0.39 is 12.0 Å². The van der Waals surface area contributed by atoms with Gasteiger partial charge in [0.2, 0.25) is 0 Å². The largest absolute Gasteiger partial charge is 0.434 e. The summed E-state index contributed by atoms with van der Waals surface area (Å²) in [5.74, 6) is 0.101. The standard InChI is InChI=1S/C15H12Cl2F2O/c16-11-5-3-4-10(8-11)9-13(17)12-6-1-2-7-14(12)20-15(18)19/h1-8,13,15H,9H2. The molecule has 0 amide bonds. The van der Waals surface area contributed by atoms with Crippen LogP contribution in [0, 0.1) is 0 Å². The fourth-order valence-corrected chi connectivity index (χ4v) is 2.49. The van der Waals surface area contributed by atoms with E-state index in [1.54, 1.807) is 30.3 Å². The van der Waals surface area contributed by atoms with E-state index >= 15 is 0 Å². The molecule has 106 valence electrons. The van der Waals surface area contributed by atoms with Gasteiger partial charge in [-0.25, -0.2) is 0 Å². The molecule has 1 atom stereocenters. The Morgan fingerprint density at radius 2 is 1.80 bits per heavy atom. The molecule has 0 aliphatic heterocycles. The number of ether oxygens (including phenoxy) is 1. The first-order valence-corrected chi connectivity index (χ1v) is 6.80. The van der Waals surface area contributed by atoms with Gasteiger partial charge in [-0.2, -0.15) is 8.78 Å². The predicted molar refractivity (Wildman–Crippen MR) is 76.8 cm³/mol. The van der Waals surface area contributed by atoms with Crippen molar-refractivity contribution in [3.63, 3.8) is 0 Å². The number of halogens is 4. The smallest absolute Gasteiger partial charge is 0.387 e. The number of hydrogen-bond donors (Lipinski definition) is 0. The summed E-state index contributed by atoms with van der Waals surface area (Å²) in [6.45, 7) is -2.87. The molecule has 0 N–H and O–H groups in total. The van der Waals surface area contributed by atoms with Crippen LogP contribution < -0.4 is 4.74 Å². The summed E-state index contributed by atoms with van der Waals surface area (Å²) in [4.78, 5) is 0. The van der Waals surface area contributed by atoms with Crippen LogP contribution in [0.3, 0.4) is 0 Å². The van der Waals surface area contributed by atoms with Gasteiger partial charge in [-0.15, -0.1) is 11.6 Å². The van der Waals surface area contributed by atoms with Crippen molar-refractivity contribution in [3.05, 3.63) is 64.7 Å². The highest BCUT2D eigenvalue weighted by Gasteiger charge is 2.16. The summed E-state index contributed by atoms with van der Waals surface area (Å²) in [6, 6.07) is 13.8. The SMILES string of the molecule is FC(F)Oc1ccccc1C(Cl)Cc1cccc(Cl)c1. The first kappa shape index (κ1) is 15.1. The summed E-state index contributed by atoms with van der Waals surface area (Å²) in [6.07, 6.45) is 0.478. The Bertz CT molecular complexity index is 575. The first-order chi connectivity index (χ1) is 9.56. The maximum atomic E-state index is 12.4. The second-order valence-electron chi connectivity index (χ2n) is 4.22. The molecule has 0 aliphatic carbocycles. The molecule has 0 saturated heterocycles. The normalized spacial score (nSPS) is 12.4. The highest BCUT2D eigenvalue weighted by molar-refractivity contribution is 6.30. The Labute approximate surface area is 126 Å². The minimum atomic E-state index is -2.87. The van der Waals surface area contributed by atoms with Crippen molar-refractivity contribution in [2.75, 3.05) is 0 Å². The van der Waals surface area contributed by atoms with Crippen molar-refractivity contribution in [3.8, 4) is 5.75 Å². The summed E-state index contributed by atoms with van der Waals surface area (Å²) in [5.41, 5.74) is 1.47. The van der Waals surface area contributed by atoms with Crippen molar-refractivity contribution in [1.29, 1.82) is 0 Å². The van der Waals surface area contributed by atoms with Gasteiger partial charge in [0.25, 0.3) is 0 Å². The summed E-state index contributed by atoms with van der Waals surface area (Å²) >= 11 is 12.2. The van der Waals surface area contributed by atoms with E-state index in [2.05, 4.69) is 4.74 Å². The molecule has 1 nitrogen and oxygen atoms in total. The monoisotopic (exact) mass is 316 g/mol. The first-order valence-electron chi connectivity index (χ1n) is 5.98. The van der Waals surface area contributed by atoms with Crippen LogP contribution in [0.15, 0.2) is 48.5 Å². The van der Waals surface area contributed by atoms with Gasteiger partial charge in [0, 0.05) is 10.6 Å². The molecule has 0 radical (unpaired) electrons. The third-order valence-electron chi connectivity index (χ3n) is 2.78. The van der Waals surface area contributed by atoms with E-state index in [0.717, 1.165) is 5.56 Å². The highest BCUT2D eigenvalue weighted by Crippen LogP contribution is 2.33. The van der Waals surface area contributed by atoms with E-state index in [1.165, 1.54) is 6.07 Å². The predicted octanol–water partition coefficient (Wildman–Crippen LogP) is 5.46. The van der Waals surface area contributed by atoms with Crippen molar-refractivity contribution >= 4 is 23.2 Å². The molecule has 0 spiro atoms. The van der Waals surface area contributed by atoms with E-state index in [1.807, 2.05) is 12.1 Å². The second kappa shape index (κ2) is 6.91. The zero-order valence-electron chi connectivity index (χ0n) is 10.4. The fourth-order valence-electron chi connectivity index (χ4n) is 1.92. The molecular weight excluding hydrogens is 305 g/mol. The Kier molecular flexibility index (Phi) is 5.21. The topological polar surface area (TPSA) is 9.23 Å². The third kappa shape index (κ3) is 4.09. The van der Waals surface area contributed by atoms with Crippen LogP contribution in [0.1, 0.15) is 16.5 Å². The molecule has 0 aromatic heterocycles. The molecule has 2 aromatic carbocycles.